The van der Waals surface area contributed by atoms with Gasteiger partial charge in [-0.15, -0.1) is 0 Å². The van der Waals surface area contributed by atoms with Gasteiger partial charge in [0.2, 0.25) is 0 Å². The lowest BCUT2D eigenvalue weighted by Gasteiger charge is -2.39. The summed E-state index contributed by atoms with van der Waals surface area (Å²) in [5.74, 6) is 0. The largest absolute Gasteiger partial charge is 0.394 e. The van der Waals surface area contributed by atoms with Gasteiger partial charge in [0, 0.05) is 6.61 Å². The van der Waals surface area contributed by atoms with Crippen molar-refractivity contribution in [2.45, 2.75) is 89.0 Å². The summed E-state index contributed by atoms with van der Waals surface area (Å²) in [6.45, 7) is 2.16. The van der Waals surface area contributed by atoms with E-state index in [9.17, 15) is 15.3 Å². The fourth-order valence-corrected chi connectivity index (χ4v) is 2.71. The van der Waals surface area contributed by atoms with Crippen molar-refractivity contribution in [2.24, 2.45) is 0 Å². The van der Waals surface area contributed by atoms with E-state index in [4.69, 9.17) is 14.6 Å². The van der Waals surface area contributed by atoms with E-state index in [2.05, 4.69) is 6.92 Å². The van der Waals surface area contributed by atoms with Gasteiger partial charge in [0.05, 0.1) is 6.61 Å². The summed E-state index contributed by atoms with van der Waals surface area (Å²) in [5.41, 5.74) is 0. The molecule has 1 aliphatic heterocycles. The maximum Gasteiger partial charge on any atom is 0.184 e. The van der Waals surface area contributed by atoms with E-state index < -0.39 is 37.3 Å². The number of rotatable bonds is 11. The van der Waals surface area contributed by atoms with Crippen LogP contribution in [0.1, 0.15) is 58.3 Å². The van der Waals surface area contributed by atoms with Gasteiger partial charge >= 0.3 is 0 Å². The zero-order valence-corrected chi connectivity index (χ0v) is 13.6. The Labute approximate surface area is 133 Å². The minimum atomic E-state index is -1.33. The van der Waals surface area contributed by atoms with Gasteiger partial charge < -0.3 is 29.9 Å². The predicted octanol–water partition coefficient (Wildman–Crippen LogP) is 0.944. The minimum Gasteiger partial charge on any atom is -0.394 e. The average Bonchev–Trinajstić information content (AvgIpc) is 2.52. The summed E-state index contributed by atoms with van der Waals surface area (Å²) in [4.78, 5) is 0. The highest BCUT2D eigenvalue weighted by Gasteiger charge is 2.44. The van der Waals surface area contributed by atoms with Crippen LogP contribution in [0.25, 0.3) is 0 Å². The highest BCUT2D eigenvalue weighted by molar-refractivity contribution is 4.89. The molecular formula is C16H32O6. The first-order valence-corrected chi connectivity index (χ1v) is 8.54. The van der Waals surface area contributed by atoms with Crippen molar-refractivity contribution >= 4 is 0 Å². The van der Waals surface area contributed by atoms with Crippen LogP contribution in [-0.2, 0) is 9.47 Å². The highest BCUT2D eigenvalue weighted by atomic mass is 16.7. The van der Waals surface area contributed by atoms with Gasteiger partial charge in [-0.2, -0.15) is 0 Å². The summed E-state index contributed by atoms with van der Waals surface area (Å²) >= 11 is 0. The van der Waals surface area contributed by atoms with E-state index in [0.29, 0.717) is 6.61 Å². The minimum absolute atomic E-state index is 0.410. The maximum atomic E-state index is 9.91. The Hall–Kier alpha value is -0.240. The third-order valence-electron chi connectivity index (χ3n) is 4.15. The molecule has 0 bridgehead atoms. The second-order valence-electron chi connectivity index (χ2n) is 6.04. The number of ether oxygens (including phenoxy) is 2. The Morgan fingerprint density at radius 3 is 2.05 bits per heavy atom. The summed E-state index contributed by atoms with van der Waals surface area (Å²) in [5, 5.41) is 38.4. The lowest BCUT2D eigenvalue weighted by atomic mass is 9.99. The smallest absolute Gasteiger partial charge is 0.184 e. The van der Waals surface area contributed by atoms with Crippen molar-refractivity contribution in [1.29, 1.82) is 0 Å². The average molecular weight is 320 g/mol. The molecular weight excluding hydrogens is 288 g/mol. The molecule has 0 unspecified atom stereocenters. The van der Waals surface area contributed by atoms with Crippen molar-refractivity contribution in [2.75, 3.05) is 13.2 Å². The van der Waals surface area contributed by atoms with E-state index in [0.717, 1.165) is 19.3 Å². The molecule has 132 valence electrons. The van der Waals surface area contributed by atoms with Crippen LogP contribution >= 0.6 is 0 Å². The van der Waals surface area contributed by atoms with Gasteiger partial charge in [-0.1, -0.05) is 51.9 Å². The summed E-state index contributed by atoms with van der Waals surface area (Å²) in [6.07, 6.45) is 3.64. The van der Waals surface area contributed by atoms with Crippen LogP contribution in [0, 0.1) is 0 Å². The molecule has 1 saturated heterocycles. The van der Waals surface area contributed by atoms with Crippen LogP contribution in [0.5, 0.6) is 0 Å². The molecule has 0 saturated carbocycles. The standard InChI is InChI=1S/C16H32O6/c1-2-3-4-5-6-7-8-9-10-21-15-14(19)13(18)12(11-17)22-16(15)20/h12-20H,2-11H2,1H3/t12-,13-,14+,15-,16-/m1/s1. The molecule has 1 rings (SSSR count). The number of aliphatic hydroxyl groups excluding tert-OH is 4. The summed E-state index contributed by atoms with van der Waals surface area (Å²) in [7, 11) is 0. The Bertz CT molecular complexity index is 275. The highest BCUT2D eigenvalue weighted by Crippen LogP contribution is 2.22. The molecule has 1 aliphatic rings. The van der Waals surface area contributed by atoms with Crippen molar-refractivity contribution in [3.8, 4) is 0 Å². The zero-order chi connectivity index (χ0) is 16.4. The van der Waals surface area contributed by atoms with Gasteiger partial charge in [0.1, 0.15) is 24.4 Å². The Morgan fingerprint density at radius 1 is 0.864 bits per heavy atom. The van der Waals surface area contributed by atoms with Gasteiger partial charge in [-0.3, -0.25) is 0 Å². The number of hydrogen-bond acceptors (Lipinski definition) is 6. The van der Waals surface area contributed by atoms with Crippen molar-refractivity contribution in [3.05, 3.63) is 0 Å². The zero-order valence-electron chi connectivity index (χ0n) is 13.6. The molecule has 0 spiro atoms. The molecule has 5 atom stereocenters. The molecule has 1 fully saturated rings. The molecule has 6 nitrogen and oxygen atoms in total. The van der Waals surface area contributed by atoms with Crippen molar-refractivity contribution < 1.29 is 29.9 Å². The van der Waals surface area contributed by atoms with Crippen LogP contribution in [0.3, 0.4) is 0 Å². The van der Waals surface area contributed by atoms with Gasteiger partial charge in [-0.25, -0.2) is 0 Å². The van der Waals surface area contributed by atoms with Gasteiger partial charge in [-0.05, 0) is 6.42 Å². The Morgan fingerprint density at radius 2 is 1.45 bits per heavy atom. The van der Waals surface area contributed by atoms with Crippen LogP contribution in [0.15, 0.2) is 0 Å². The third kappa shape index (κ3) is 6.48. The summed E-state index contributed by atoms with van der Waals surface area (Å²) < 4.78 is 10.5. The number of hydrogen-bond donors (Lipinski definition) is 4. The predicted molar refractivity (Wildman–Crippen MR) is 82.3 cm³/mol. The van der Waals surface area contributed by atoms with E-state index in [1.807, 2.05) is 0 Å². The normalized spacial score (nSPS) is 32.3. The fraction of sp³-hybridized carbons (Fsp3) is 1.00. The topological polar surface area (TPSA) is 99.4 Å². The molecule has 0 aromatic carbocycles. The van der Waals surface area contributed by atoms with Crippen LogP contribution in [-0.4, -0.2) is 64.3 Å². The maximum absolute atomic E-state index is 9.91. The third-order valence-corrected chi connectivity index (χ3v) is 4.15. The first kappa shape index (κ1) is 19.8. The van der Waals surface area contributed by atoms with Gasteiger partial charge in [0.25, 0.3) is 0 Å². The molecule has 0 amide bonds. The molecule has 0 aromatic rings. The SMILES string of the molecule is CCCCCCCCCCO[C@@H]1[C@@H](O)[C@H](O)[C@@H](CO)O[C@H]1O. The van der Waals surface area contributed by atoms with E-state index in [1.54, 1.807) is 0 Å². The van der Waals surface area contributed by atoms with E-state index in [1.165, 1.54) is 32.1 Å². The molecule has 0 aliphatic carbocycles. The summed E-state index contributed by atoms with van der Waals surface area (Å²) in [6, 6.07) is 0. The molecule has 0 aromatic heterocycles. The van der Waals surface area contributed by atoms with Crippen LogP contribution < -0.4 is 0 Å². The molecule has 0 radical (unpaired) electrons. The Balaban J connectivity index is 2.11. The molecule has 6 heteroatoms. The van der Waals surface area contributed by atoms with Crippen LogP contribution in [0.2, 0.25) is 0 Å². The molecule has 4 N–H and O–H groups in total. The van der Waals surface area contributed by atoms with Crippen molar-refractivity contribution in [3.63, 3.8) is 0 Å². The molecule has 1 heterocycles. The first-order chi connectivity index (χ1) is 10.6. The lowest BCUT2D eigenvalue weighted by molar-refractivity contribution is -0.296. The first-order valence-electron chi connectivity index (χ1n) is 8.54. The second kappa shape index (κ2) is 11.3. The number of unbranched alkanes of at least 4 members (excludes halogenated alkanes) is 7. The number of aliphatic hydroxyl groups is 4. The fourth-order valence-electron chi connectivity index (χ4n) is 2.71. The molecule has 22 heavy (non-hydrogen) atoms. The lowest BCUT2D eigenvalue weighted by Crippen LogP contribution is -2.59. The van der Waals surface area contributed by atoms with Crippen molar-refractivity contribution in [1.82, 2.24) is 0 Å². The quantitative estimate of drug-likeness (QED) is 0.423. The second-order valence-corrected chi connectivity index (χ2v) is 6.04. The van der Waals surface area contributed by atoms with E-state index in [-0.39, 0.29) is 0 Å². The monoisotopic (exact) mass is 320 g/mol. The van der Waals surface area contributed by atoms with Crippen LogP contribution in [0.4, 0.5) is 0 Å². The Kier molecular flexibility index (Phi) is 10.2. The van der Waals surface area contributed by atoms with E-state index >= 15 is 0 Å². The van der Waals surface area contributed by atoms with Gasteiger partial charge in [0.15, 0.2) is 6.29 Å².